The highest BCUT2D eigenvalue weighted by molar-refractivity contribution is 5.78. The lowest BCUT2D eigenvalue weighted by molar-refractivity contribution is 0.403. The van der Waals surface area contributed by atoms with E-state index < -0.39 is 11.1 Å². The van der Waals surface area contributed by atoms with Gasteiger partial charge in [0.25, 0.3) is 0 Å². The number of nitrogens with zero attached hydrogens (tertiary/aromatic N) is 1. The van der Waals surface area contributed by atoms with E-state index in [9.17, 15) is 9.59 Å². The Hall–Kier alpha value is -1.88. The molecule has 17 heavy (non-hydrogen) atoms. The van der Waals surface area contributed by atoms with Gasteiger partial charge in [-0.3, -0.25) is 9.59 Å². The summed E-state index contributed by atoms with van der Waals surface area (Å²) >= 11 is 0. The van der Waals surface area contributed by atoms with Gasteiger partial charge >= 0.3 is 11.1 Å². The van der Waals surface area contributed by atoms with Gasteiger partial charge in [0.05, 0.1) is 11.0 Å². The van der Waals surface area contributed by atoms with Crippen LogP contribution in [0.3, 0.4) is 0 Å². The summed E-state index contributed by atoms with van der Waals surface area (Å²) in [6.07, 6.45) is 0. The van der Waals surface area contributed by atoms with Crippen LogP contribution in [0.25, 0.3) is 11.0 Å². The molecule has 0 saturated carbocycles. The SMILES string of the molecule is Cc1ccc2[nH]c(=O)c(=O)[nH]c2c1CN(C)C. The predicted molar refractivity (Wildman–Crippen MR) is 67.3 cm³/mol. The van der Waals surface area contributed by atoms with Gasteiger partial charge in [0.1, 0.15) is 0 Å². The zero-order chi connectivity index (χ0) is 12.6. The topological polar surface area (TPSA) is 69.0 Å². The van der Waals surface area contributed by atoms with Crippen LogP contribution in [0.15, 0.2) is 21.7 Å². The Morgan fingerprint density at radius 3 is 2.41 bits per heavy atom. The summed E-state index contributed by atoms with van der Waals surface area (Å²) in [6.45, 7) is 2.70. The number of aryl methyl sites for hydroxylation is 1. The van der Waals surface area contributed by atoms with Crippen LogP contribution in [0.1, 0.15) is 11.1 Å². The summed E-state index contributed by atoms with van der Waals surface area (Å²) in [5.41, 5.74) is 2.27. The number of rotatable bonds is 2. The smallest absolute Gasteiger partial charge is 0.314 e. The number of benzene rings is 1. The second-order valence-electron chi connectivity index (χ2n) is 4.43. The number of fused-ring (bicyclic) bond motifs is 1. The fraction of sp³-hybridized carbons (Fsp3) is 0.333. The Balaban J connectivity index is 2.80. The Morgan fingerprint density at radius 1 is 1.12 bits per heavy atom. The van der Waals surface area contributed by atoms with Crippen molar-refractivity contribution >= 4 is 11.0 Å². The molecule has 0 spiro atoms. The zero-order valence-electron chi connectivity index (χ0n) is 10.1. The van der Waals surface area contributed by atoms with Crippen molar-refractivity contribution in [3.05, 3.63) is 44.0 Å². The van der Waals surface area contributed by atoms with Crippen LogP contribution in [0.5, 0.6) is 0 Å². The fourth-order valence-electron chi connectivity index (χ4n) is 1.87. The minimum absolute atomic E-state index is 0.608. The molecule has 2 N–H and O–H groups in total. The molecular weight excluding hydrogens is 218 g/mol. The molecule has 0 unspecified atom stereocenters. The largest absolute Gasteiger partial charge is 0.316 e. The third kappa shape index (κ3) is 2.14. The number of aromatic amines is 2. The van der Waals surface area contributed by atoms with Gasteiger partial charge in [0.15, 0.2) is 0 Å². The van der Waals surface area contributed by atoms with Gasteiger partial charge in [0.2, 0.25) is 0 Å². The molecule has 2 rings (SSSR count). The fourth-order valence-corrected chi connectivity index (χ4v) is 1.87. The van der Waals surface area contributed by atoms with E-state index in [1.165, 1.54) is 0 Å². The first-order chi connectivity index (χ1) is 7.99. The maximum Gasteiger partial charge on any atom is 0.314 e. The van der Waals surface area contributed by atoms with Crippen LogP contribution in [0, 0.1) is 6.92 Å². The van der Waals surface area contributed by atoms with Gasteiger partial charge in [-0.05, 0) is 38.2 Å². The molecule has 0 aliphatic heterocycles. The van der Waals surface area contributed by atoms with E-state index >= 15 is 0 Å². The lowest BCUT2D eigenvalue weighted by atomic mass is 10.1. The van der Waals surface area contributed by atoms with Gasteiger partial charge in [-0.2, -0.15) is 0 Å². The Labute approximate surface area is 98.1 Å². The van der Waals surface area contributed by atoms with Gasteiger partial charge < -0.3 is 14.9 Å². The summed E-state index contributed by atoms with van der Waals surface area (Å²) in [4.78, 5) is 29.9. The van der Waals surface area contributed by atoms with E-state index in [-0.39, 0.29) is 0 Å². The average molecular weight is 233 g/mol. The van der Waals surface area contributed by atoms with Crippen LogP contribution >= 0.6 is 0 Å². The first-order valence-electron chi connectivity index (χ1n) is 5.38. The summed E-state index contributed by atoms with van der Waals surface area (Å²) in [7, 11) is 3.92. The molecule has 0 fully saturated rings. The van der Waals surface area contributed by atoms with Crippen LogP contribution in [0.2, 0.25) is 0 Å². The molecule has 90 valence electrons. The van der Waals surface area contributed by atoms with Crippen LogP contribution in [-0.2, 0) is 6.54 Å². The standard InChI is InChI=1S/C12H15N3O2/c1-7-4-5-9-10(8(7)6-15(2)3)14-12(17)11(16)13-9/h4-5H,6H2,1-3H3,(H,13,16)(H,14,17). The molecule has 0 saturated heterocycles. The lowest BCUT2D eigenvalue weighted by Crippen LogP contribution is -2.29. The molecule has 0 amide bonds. The maximum absolute atomic E-state index is 11.4. The van der Waals surface area contributed by atoms with Crippen LogP contribution in [-0.4, -0.2) is 29.0 Å². The molecule has 5 heteroatoms. The number of nitrogens with one attached hydrogen (secondary N) is 2. The van der Waals surface area contributed by atoms with Crippen molar-refractivity contribution in [3.63, 3.8) is 0 Å². The highest BCUT2D eigenvalue weighted by atomic mass is 16.2. The summed E-state index contributed by atoms with van der Waals surface area (Å²) in [6, 6.07) is 3.75. The van der Waals surface area contributed by atoms with Crippen molar-refractivity contribution in [2.24, 2.45) is 0 Å². The zero-order valence-corrected chi connectivity index (χ0v) is 10.1. The molecule has 0 atom stereocenters. The third-order valence-corrected chi connectivity index (χ3v) is 2.71. The minimum atomic E-state index is -0.614. The van der Waals surface area contributed by atoms with E-state index in [4.69, 9.17) is 0 Å². The molecule has 0 aliphatic rings. The van der Waals surface area contributed by atoms with E-state index in [1.54, 1.807) is 6.07 Å². The van der Waals surface area contributed by atoms with E-state index in [1.807, 2.05) is 32.0 Å². The maximum atomic E-state index is 11.4. The molecule has 0 aliphatic carbocycles. The molecule has 0 radical (unpaired) electrons. The molecule has 1 aromatic heterocycles. The highest BCUT2D eigenvalue weighted by Crippen LogP contribution is 2.18. The number of hydrogen-bond acceptors (Lipinski definition) is 3. The summed E-state index contributed by atoms with van der Waals surface area (Å²) in [5.74, 6) is 0. The Kier molecular flexibility index (Phi) is 2.85. The second-order valence-corrected chi connectivity index (χ2v) is 4.43. The quantitative estimate of drug-likeness (QED) is 0.746. The highest BCUT2D eigenvalue weighted by Gasteiger charge is 2.08. The van der Waals surface area contributed by atoms with E-state index in [0.29, 0.717) is 17.6 Å². The van der Waals surface area contributed by atoms with Crippen LogP contribution in [0.4, 0.5) is 0 Å². The van der Waals surface area contributed by atoms with Crippen molar-refractivity contribution < 1.29 is 0 Å². The minimum Gasteiger partial charge on any atom is -0.316 e. The number of H-pyrrole nitrogens is 2. The average Bonchev–Trinajstić information content (AvgIpc) is 2.25. The Bertz CT molecular complexity index is 667. The van der Waals surface area contributed by atoms with Crippen molar-refractivity contribution in [2.75, 3.05) is 14.1 Å². The van der Waals surface area contributed by atoms with Crippen molar-refractivity contribution in [1.29, 1.82) is 0 Å². The second kappa shape index (κ2) is 4.18. The molecule has 1 aromatic carbocycles. The predicted octanol–water partition coefficient (Wildman–Crippen LogP) is 0.586. The van der Waals surface area contributed by atoms with E-state index in [0.717, 1.165) is 11.1 Å². The molecule has 1 heterocycles. The third-order valence-electron chi connectivity index (χ3n) is 2.71. The monoisotopic (exact) mass is 233 g/mol. The normalized spacial score (nSPS) is 11.3. The van der Waals surface area contributed by atoms with Gasteiger partial charge in [-0.15, -0.1) is 0 Å². The molecule has 2 aromatic rings. The Morgan fingerprint density at radius 2 is 1.76 bits per heavy atom. The first-order valence-corrected chi connectivity index (χ1v) is 5.38. The van der Waals surface area contributed by atoms with Gasteiger partial charge in [-0.25, -0.2) is 0 Å². The lowest BCUT2D eigenvalue weighted by Gasteiger charge is -2.14. The van der Waals surface area contributed by atoms with Crippen molar-refractivity contribution in [3.8, 4) is 0 Å². The number of hydrogen-bond donors (Lipinski definition) is 2. The van der Waals surface area contributed by atoms with Gasteiger partial charge in [-0.1, -0.05) is 6.07 Å². The van der Waals surface area contributed by atoms with Crippen molar-refractivity contribution in [1.82, 2.24) is 14.9 Å². The first kappa shape index (κ1) is 11.6. The number of aromatic nitrogens is 2. The molecular formula is C12H15N3O2. The molecule has 5 nitrogen and oxygen atoms in total. The van der Waals surface area contributed by atoms with Crippen molar-refractivity contribution in [2.45, 2.75) is 13.5 Å². The molecule has 0 bridgehead atoms. The summed E-state index contributed by atoms with van der Waals surface area (Å²) < 4.78 is 0. The van der Waals surface area contributed by atoms with E-state index in [2.05, 4.69) is 9.97 Å². The summed E-state index contributed by atoms with van der Waals surface area (Å²) in [5, 5.41) is 0. The van der Waals surface area contributed by atoms with Gasteiger partial charge in [0, 0.05) is 6.54 Å². The van der Waals surface area contributed by atoms with Crippen LogP contribution < -0.4 is 11.1 Å².